The van der Waals surface area contributed by atoms with Crippen LogP contribution in [0.3, 0.4) is 0 Å². The van der Waals surface area contributed by atoms with Crippen LogP contribution in [0.15, 0.2) is 6.33 Å². The first-order chi connectivity index (χ1) is 9.77. The van der Waals surface area contributed by atoms with Crippen molar-refractivity contribution in [3.63, 3.8) is 0 Å². The third-order valence-electron chi connectivity index (χ3n) is 4.35. The molecule has 0 aliphatic rings. The van der Waals surface area contributed by atoms with Gasteiger partial charge in [-0.3, -0.25) is 0 Å². The second-order valence-electron chi connectivity index (χ2n) is 6.24. The third kappa shape index (κ3) is 7.12. The Balaban J connectivity index is 2.35. The van der Waals surface area contributed by atoms with Crippen LogP contribution in [0.1, 0.15) is 89.4 Å². The number of hydrogen-bond donors (Lipinski definition) is 1. The van der Waals surface area contributed by atoms with Gasteiger partial charge in [0.1, 0.15) is 0 Å². The zero-order valence-electron chi connectivity index (χ0n) is 13.9. The van der Waals surface area contributed by atoms with Gasteiger partial charge in [0.05, 0.1) is 12.0 Å². The van der Waals surface area contributed by atoms with Crippen molar-refractivity contribution in [3.05, 3.63) is 17.7 Å². The minimum absolute atomic E-state index is 0.839. The fraction of sp³-hybridized carbons (Fsp3) is 0.833. The summed E-state index contributed by atoms with van der Waals surface area (Å²) in [5.41, 5.74) is 2.55. The van der Waals surface area contributed by atoms with E-state index >= 15 is 0 Å². The molecule has 0 spiro atoms. The summed E-state index contributed by atoms with van der Waals surface area (Å²) in [5.74, 6) is 0.839. The summed E-state index contributed by atoms with van der Waals surface area (Å²) in [6.07, 6.45) is 16.8. The van der Waals surface area contributed by atoms with Crippen LogP contribution in [0.2, 0.25) is 0 Å². The highest BCUT2D eigenvalue weighted by molar-refractivity contribution is 5.09. The zero-order chi connectivity index (χ0) is 14.6. The van der Waals surface area contributed by atoms with Crippen molar-refractivity contribution in [1.29, 1.82) is 0 Å². The van der Waals surface area contributed by atoms with Crippen molar-refractivity contribution in [1.82, 2.24) is 9.97 Å². The lowest BCUT2D eigenvalue weighted by atomic mass is 9.90. The van der Waals surface area contributed by atoms with Crippen LogP contribution in [0.5, 0.6) is 0 Å². The number of aromatic nitrogens is 2. The lowest BCUT2D eigenvalue weighted by Crippen LogP contribution is -2.06. The van der Waals surface area contributed by atoms with E-state index < -0.39 is 0 Å². The van der Waals surface area contributed by atoms with Crippen LogP contribution >= 0.6 is 0 Å². The van der Waals surface area contributed by atoms with E-state index in [1.54, 1.807) is 0 Å². The summed E-state index contributed by atoms with van der Waals surface area (Å²) >= 11 is 0. The summed E-state index contributed by atoms with van der Waals surface area (Å²) in [7, 11) is 0. The molecule has 0 unspecified atom stereocenters. The van der Waals surface area contributed by atoms with Gasteiger partial charge in [-0.05, 0) is 19.3 Å². The number of imidazole rings is 1. The molecule has 0 radical (unpaired) electrons. The standard InChI is InChI=1S/C18H34N2/c1-4-6-8-10-12-17(13-11-9-7-5-2)14-18-16(3)19-15-20-18/h15,17H,4-14H2,1-3H3,(H,19,20). The number of aryl methyl sites for hydroxylation is 1. The molecule has 1 heterocycles. The Morgan fingerprint density at radius 3 is 2.00 bits per heavy atom. The van der Waals surface area contributed by atoms with Crippen molar-refractivity contribution >= 4 is 0 Å². The first-order valence-electron chi connectivity index (χ1n) is 8.76. The Kier molecular flexibility index (Phi) is 9.44. The number of rotatable bonds is 12. The second kappa shape index (κ2) is 10.9. The smallest absolute Gasteiger partial charge is 0.0925 e. The summed E-state index contributed by atoms with van der Waals surface area (Å²) in [6.45, 7) is 6.72. The minimum atomic E-state index is 0.839. The Hall–Kier alpha value is -0.790. The minimum Gasteiger partial charge on any atom is -0.348 e. The van der Waals surface area contributed by atoms with Gasteiger partial charge in [-0.25, -0.2) is 4.98 Å². The van der Waals surface area contributed by atoms with Crippen molar-refractivity contribution in [2.45, 2.75) is 91.4 Å². The van der Waals surface area contributed by atoms with Gasteiger partial charge in [-0.2, -0.15) is 0 Å². The molecule has 0 aliphatic heterocycles. The van der Waals surface area contributed by atoms with Gasteiger partial charge in [0, 0.05) is 5.69 Å². The quantitative estimate of drug-likeness (QED) is 0.480. The highest BCUT2D eigenvalue weighted by Gasteiger charge is 2.12. The fourth-order valence-electron chi connectivity index (χ4n) is 2.93. The maximum atomic E-state index is 4.49. The van der Waals surface area contributed by atoms with E-state index in [4.69, 9.17) is 0 Å². The van der Waals surface area contributed by atoms with Crippen molar-refractivity contribution < 1.29 is 0 Å². The normalized spacial score (nSPS) is 11.4. The Morgan fingerprint density at radius 2 is 1.55 bits per heavy atom. The molecule has 1 aromatic rings. The molecule has 20 heavy (non-hydrogen) atoms. The molecular formula is C18H34N2. The predicted octanol–water partition coefficient (Wildman–Crippen LogP) is 5.82. The molecule has 0 aliphatic carbocycles. The maximum Gasteiger partial charge on any atom is 0.0925 e. The number of aromatic amines is 1. The molecule has 1 aromatic heterocycles. The monoisotopic (exact) mass is 278 g/mol. The van der Waals surface area contributed by atoms with E-state index in [1.807, 2.05) is 6.33 Å². The summed E-state index contributed by atoms with van der Waals surface area (Å²) in [4.78, 5) is 7.70. The van der Waals surface area contributed by atoms with E-state index in [-0.39, 0.29) is 0 Å². The summed E-state index contributed by atoms with van der Waals surface area (Å²) in [6, 6.07) is 0. The molecule has 0 saturated heterocycles. The number of H-pyrrole nitrogens is 1. The summed E-state index contributed by atoms with van der Waals surface area (Å²) in [5, 5.41) is 0. The number of unbranched alkanes of at least 4 members (excludes halogenated alkanes) is 6. The first kappa shape index (κ1) is 17.3. The van der Waals surface area contributed by atoms with Gasteiger partial charge < -0.3 is 4.98 Å². The van der Waals surface area contributed by atoms with Gasteiger partial charge in [-0.1, -0.05) is 78.1 Å². The van der Waals surface area contributed by atoms with Crippen LogP contribution in [0.4, 0.5) is 0 Å². The highest BCUT2D eigenvalue weighted by atomic mass is 14.9. The molecular weight excluding hydrogens is 244 g/mol. The number of hydrogen-bond acceptors (Lipinski definition) is 1. The second-order valence-corrected chi connectivity index (χ2v) is 6.24. The first-order valence-corrected chi connectivity index (χ1v) is 8.76. The molecule has 1 rings (SSSR count). The topological polar surface area (TPSA) is 28.7 Å². The van der Waals surface area contributed by atoms with Crippen LogP contribution in [0, 0.1) is 12.8 Å². The molecule has 1 N–H and O–H groups in total. The van der Waals surface area contributed by atoms with Crippen LogP contribution in [-0.4, -0.2) is 9.97 Å². The fourth-order valence-corrected chi connectivity index (χ4v) is 2.93. The van der Waals surface area contributed by atoms with E-state index in [0.717, 1.165) is 5.92 Å². The largest absolute Gasteiger partial charge is 0.348 e. The highest BCUT2D eigenvalue weighted by Crippen LogP contribution is 2.22. The van der Waals surface area contributed by atoms with Gasteiger partial charge in [0.2, 0.25) is 0 Å². The average molecular weight is 278 g/mol. The molecule has 0 atom stereocenters. The predicted molar refractivity (Wildman–Crippen MR) is 88.0 cm³/mol. The van der Waals surface area contributed by atoms with Gasteiger partial charge in [0.15, 0.2) is 0 Å². The molecule has 0 fully saturated rings. The molecule has 0 aromatic carbocycles. The van der Waals surface area contributed by atoms with Crippen molar-refractivity contribution in [3.8, 4) is 0 Å². The van der Waals surface area contributed by atoms with Crippen LogP contribution in [0.25, 0.3) is 0 Å². The molecule has 0 bridgehead atoms. The van der Waals surface area contributed by atoms with Crippen LogP contribution < -0.4 is 0 Å². The van der Waals surface area contributed by atoms with Gasteiger partial charge in [0.25, 0.3) is 0 Å². The van der Waals surface area contributed by atoms with E-state index in [1.165, 1.54) is 82.0 Å². The number of nitrogens with zero attached hydrogens (tertiary/aromatic N) is 1. The SMILES string of the molecule is CCCCCCC(CCCCCC)Cc1nc[nH]c1C. The molecule has 116 valence electrons. The molecule has 0 saturated carbocycles. The maximum absolute atomic E-state index is 4.49. The average Bonchev–Trinajstić information content (AvgIpc) is 2.84. The van der Waals surface area contributed by atoms with Crippen LogP contribution in [-0.2, 0) is 6.42 Å². The Morgan fingerprint density at radius 1 is 0.950 bits per heavy atom. The van der Waals surface area contributed by atoms with Gasteiger partial charge >= 0.3 is 0 Å². The number of nitrogens with one attached hydrogen (secondary N) is 1. The zero-order valence-corrected chi connectivity index (χ0v) is 13.9. The lowest BCUT2D eigenvalue weighted by Gasteiger charge is -2.16. The Bertz CT molecular complexity index is 318. The molecule has 0 amide bonds. The van der Waals surface area contributed by atoms with E-state index in [9.17, 15) is 0 Å². The van der Waals surface area contributed by atoms with Crippen molar-refractivity contribution in [2.24, 2.45) is 5.92 Å². The molecule has 2 heteroatoms. The van der Waals surface area contributed by atoms with E-state index in [0.29, 0.717) is 0 Å². The molecule has 2 nitrogen and oxygen atoms in total. The lowest BCUT2D eigenvalue weighted by molar-refractivity contribution is 0.400. The summed E-state index contributed by atoms with van der Waals surface area (Å²) < 4.78 is 0. The Labute approximate surface area is 125 Å². The van der Waals surface area contributed by atoms with Crippen molar-refractivity contribution in [2.75, 3.05) is 0 Å². The third-order valence-corrected chi connectivity index (χ3v) is 4.35. The van der Waals surface area contributed by atoms with Gasteiger partial charge in [-0.15, -0.1) is 0 Å². The van der Waals surface area contributed by atoms with E-state index in [2.05, 4.69) is 30.7 Å².